The molecule has 2 N–H and O–H groups in total. The SMILES string of the molecule is CC1=CCC[C@@H]2[C@@](C)(C[C@H](O)C3=CC(=O)O[C@H]3O)[C@H](C)CC[C@@]12C. The van der Waals surface area contributed by atoms with E-state index in [0.29, 0.717) is 23.8 Å². The van der Waals surface area contributed by atoms with Gasteiger partial charge in [0.15, 0.2) is 0 Å². The Hall–Kier alpha value is -1.13. The van der Waals surface area contributed by atoms with Crippen LogP contribution in [0.1, 0.15) is 59.8 Å². The number of allylic oxidation sites excluding steroid dienone is 2. The van der Waals surface area contributed by atoms with Gasteiger partial charge in [0.1, 0.15) is 0 Å². The molecule has 0 radical (unpaired) electrons. The van der Waals surface area contributed by atoms with Crippen LogP contribution in [-0.4, -0.2) is 28.6 Å². The topological polar surface area (TPSA) is 66.8 Å². The van der Waals surface area contributed by atoms with Gasteiger partial charge in [0, 0.05) is 11.6 Å². The third-order valence-corrected chi connectivity index (χ3v) is 7.41. The number of cyclic esters (lactones) is 1. The van der Waals surface area contributed by atoms with Crippen LogP contribution in [0.4, 0.5) is 0 Å². The van der Waals surface area contributed by atoms with E-state index in [1.54, 1.807) is 0 Å². The summed E-state index contributed by atoms with van der Waals surface area (Å²) in [5.74, 6) is 0.427. The van der Waals surface area contributed by atoms with Gasteiger partial charge in [0.05, 0.1) is 6.10 Å². The van der Waals surface area contributed by atoms with E-state index in [-0.39, 0.29) is 10.8 Å². The number of hydrogen-bond acceptors (Lipinski definition) is 4. The van der Waals surface area contributed by atoms with Crippen LogP contribution in [0.5, 0.6) is 0 Å². The van der Waals surface area contributed by atoms with Gasteiger partial charge < -0.3 is 14.9 Å². The number of rotatable bonds is 3. The zero-order valence-corrected chi connectivity index (χ0v) is 15.2. The highest BCUT2D eigenvalue weighted by Gasteiger charge is 2.54. The van der Waals surface area contributed by atoms with Crippen LogP contribution in [-0.2, 0) is 9.53 Å². The van der Waals surface area contributed by atoms with E-state index in [1.807, 2.05) is 0 Å². The van der Waals surface area contributed by atoms with E-state index < -0.39 is 18.4 Å². The molecule has 1 saturated carbocycles. The molecule has 4 nitrogen and oxygen atoms in total. The molecule has 4 heteroatoms. The van der Waals surface area contributed by atoms with Gasteiger partial charge in [-0.1, -0.05) is 32.4 Å². The van der Waals surface area contributed by atoms with Crippen LogP contribution >= 0.6 is 0 Å². The minimum atomic E-state index is -1.30. The molecule has 3 rings (SSSR count). The molecule has 1 aliphatic heterocycles. The average Bonchev–Trinajstić information content (AvgIpc) is 2.85. The van der Waals surface area contributed by atoms with Crippen LogP contribution in [0, 0.1) is 22.7 Å². The smallest absolute Gasteiger partial charge is 0.333 e. The van der Waals surface area contributed by atoms with Gasteiger partial charge >= 0.3 is 5.97 Å². The van der Waals surface area contributed by atoms with Gasteiger partial charge in [-0.2, -0.15) is 0 Å². The first-order chi connectivity index (χ1) is 11.2. The van der Waals surface area contributed by atoms with Gasteiger partial charge in [0.2, 0.25) is 6.29 Å². The Kier molecular flexibility index (Phi) is 4.42. The number of aliphatic hydroxyl groups excluding tert-OH is 2. The van der Waals surface area contributed by atoms with E-state index in [1.165, 1.54) is 18.1 Å². The maximum atomic E-state index is 11.3. The number of fused-ring (bicyclic) bond motifs is 1. The third kappa shape index (κ3) is 2.64. The van der Waals surface area contributed by atoms with Crippen molar-refractivity contribution in [3.8, 4) is 0 Å². The number of ether oxygens (including phenoxy) is 1. The first-order valence-electron chi connectivity index (χ1n) is 9.14. The Bertz CT molecular complexity index is 592. The quantitative estimate of drug-likeness (QED) is 0.614. The van der Waals surface area contributed by atoms with Gasteiger partial charge in [-0.15, -0.1) is 0 Å². The molecular weight excluding hydrogens is 304 g/mol. The molecule has 0 aromatic rings. The molecule has 0 unspecified atom stereocenters. The van der Waals surface area contributed by atoms with Gasteiger partial charge in [0.25, 0.3) is 0 Å². The lowest BCUT2D eigenvalue weighted by molar-refractivity contribution is -0.152. The van der Waals surface area contributed by atoms with Crippen LogP contribution < -0.4 is 0 Å². The summed E-state index contributed by atoms with van der Waals surface area (Å²) in [6, 6.07) is 0. The fourth-order valence-corrected chi connectivity index (χ4v) is 5.47. The Morgan fingerprint density at radius 2 is 2.08 bits per heavy atom. The summed E-state index contributed by atoms with van der Waals surface area (Å²) < 4.78 is 4.74. The van der Waals surface area contributed by atoms with Crippen molar-refractivity contribution in [2.24, 2.45) is 22.7 Å². The molecular formula is C20H30O4. The molecule has 0 aromatic heterocycles. The summed E-state index contributed by atoms with van der Waals surface area (Å²) in [5.41, 5.74) is 1.94. The summed E-state index contributed by atoms with van der Waals surface area (Å²) in [6.07, 6.45) is 6.60. The van der Waals surface area contributed by atoms with E-state index >= 15 is 0 Å². The van der Waals surface area contributed by atoms with Crippen molar-refractivity contribution in [3.05, 3.63) is 23.3 Å². The van der Waals surface area contributed by atoms with Gasteiger partial charge in [-0.05, 0) is 61.7 Å². The van der Waals surface area contributed by atoms with Crippen LogP contribution in [0.25, 0.3) is 0 Å². The molecule has 0 aromatic carbocycles. The summed E-state index contributed by atoms with van der Waals surface area (Å²) >= 11 is 0. The molecule has 134 valence electrons. The van der Waals surface area contributed by atoms with Crippen molar-refractivity contribution >= 4 is 5.97 Å². The van der Waals surface area contributed by atoms with Crippen molar-refractivity contribution < 1.29 is 19.7 Å². The standard InChI is InChI=1S/C20H30O4/c1-12-6-5-7-16-19(12,3)9-8-13(2)20(16,4)11-15(21)14-10-17(22)24-18(14)23/h6,10,13,15-16,18,21,23H,5,7-9,11H2,1-4H3/t13-,15+,16+,18-,19+,20+/m1/s1. The largest absolute Gasteiger partial charge is 0.429 e. The average molecular weight is 334 g/mol. The monoisotopic (exact) mass is 334 g/mol. The minimum Gasteiger partial charge on any atom is -0.429 e. The van der Waals surface area contributed by atoms with Crippen LogP contribution in [0.15, 0.2) is 23.3 Å². The van der Waals surface area contributed by atoms with E-state index in [2.05, 4.69) is 33.8 Å². The molecule has 3 aliphatic rings. The van der Waals surface area contributed by atoms with Crippen molar-refractivity contribution in [2.45, 2.75) is 72.2 Å². The molecule has 0 bridgehead atoms. The number of esters is 1. The summed E-state index contributed by atoms with van der Waals surface area (Å²) in [6.45, 7) is 9.18. The lowest BCUT2D eigenvalue weighted by Crippen LogP contribution is -2.51. The van der Waals surface area contributed by atoms with E-state index in [9.17, 15) is 15.0 Å². The molecule has 6 atom stereocenters. The lowest BCUT2D eigenvalue weighted by Gasteiger charge is -2.58. The second-order valence-corrected chi connectivity index (χ2v) is 8.53. The number of carbonyl (C=O) groups is 1. The number of carbonyl (C=O) groups excluding carboxylic acids is 1. The van der Waals surface area contributed by atoms with E-state index in [0.717, 1.165) is 19.3 Å². The first-order valence-corrected chi connectivity index (χ1v) is 9.14. The van der Waals surface area contributed by atoms with Gasteiger partial charge in [-0.3, -0.25) is 0 Å². The summed E-state index contributed by atoms with van der Waals surface area (Å²) in [5, 5.41) is 20.6. The highest BCUT2D eigenvalue weighted by molar-refractivity contribution is 5.85. The second kappa shape index (κ2) is 5.99. The maximum absolute atomic E-state index is 11.3. The third-order valence-electron chi connectivity index (χ3n) is 7.41. The molecule has 2 aliphatic carbocycles. The maximum Gasteiger partial charge on any atom is 0.333 e. The molecule has 0 saturated heterocycles. The molecule has 0 spiro atoms. The van der Waals surface area contributed by atoms with Gasteiger partial charge in [-0.25, -0.2) is 4.79 Å². The van der Waals surface area contributed by atoms with Crippen molar-refractivity contribution in [2.75, 3.05) is 0 Å². The predicted molar refractivity (Wildman–Crippen MR) is 91.9 cm³/mol. The lowest BCUT2D eigenvalue weighted by atomic mass is 9.46. The van der Waals surface area contributed by atoms with Crippen molar-refractivity contribution in [1.82, 2.24) is 0 Å². The zero-order chi connectivity index (χ0) is 17.7. The summed E-state index contributed by atoms with van der Waals surface area (Å²) in [4.78, 5) is 11.3. The molecule has 24 heavy (non-hydrogen) atoms. The fraction of sp³-hybridized carbons (Fsp3) is 0.750. The Morgan fingerprint density at radius 3 is 2.71 bits per heavy atom. The zero-order valence-electron chi connectivity index (χ0n) is 15.2. The van der Waals surface area contributed by atoms with Crippen molar-refractivity contribution in [1.29, 1.82) is 0 Å². The molecule has 0 amide bonds. The number of hydrogen-bond donors (Lipinski definition) is 2. The number of aliphatic hydroxyl groups is 2. The van der Waals surface area contributed by atoms with Crippen LogP contribution in [0.3, 0.4) is 0 Å². The molecule has 1 heterocycles. The first kappa shape index (κ1) is 17.7. The minimum absolute atomic E-state index is 0.0336. The van der Waals surface area contributed by atoms with Crippen molar-refractivity contribution in [3.63, 3.8) is 0 Å². The Labute approximate surface area is 144 Å². The second-order valence-electron chi connectivity index (χ2n) is 8.53. The highest BCUT2D eigenvalue weighted by Crippen LogP contribution is 2.62. The van der Waals surface area contributed by atoms with Crippen LogP contribution in [0.2, 0.25) is 0 Å². The van der Waals surface area contributed by atoms with E-state index in [4.69, 9.17) is 4.74 Å². The Balaban J connectivity index is 1.88. The summed E-state index contributed by atoms with van der Waals surface area (Å²) in [7, 11) is 0. The molecule has 1 fully saturated rings. The predicted octanol–water partition coefficient (Wildman–Crippen LogP) is 3.34. The Morgan fingerprint density at radius 1 is 1.38 bits per heavy atom. The normalized spacial score (nSPS) is 43.6. The highest BCUT2D eigenvalue weighted by atomic mass is 16.6. The fourth-order valence-electron chi connectivity index (χ4n) is 5.47.